The van der Waals surface area contributed by atoms with Crippen molar-refractivity contribution in [2.24, 2.45) is 17.8 Å². The molecule has 3 atom stereocenters. The Balaban J connectivity index is 2.20. The number of nitrogens with zero attached hydrogens (tertiary/aromatic N) is 1. The highest BCUT2D eigenvalue weighted by Crippen LogP contribution is 2.44. The number of likely N-dealkylation sites (tertiary alicyclic amines) is 1. The molecule has 1 heterocycles. The summed E-state index contributed by atoms with van der Waals surface area (Å²) in [5.41, 5.74) is 0. The Labute approximate surface area is 103 Å². The van der Waals surface area contributed by atoms with Crippen LogP contribution in [0.2, 0.25) is 0 Å². The number of hydrogen-bond donors (Lipinski definition) is 0. The van der Waals surface area contributed by atoms with Gasteiger partial charge in [0.05, 0.1) is 11.8 Å². The van der Waals surface area contributed by atoms with Gasteiger partial charge in [-0.25, -0.2) is 0 Å². The average Bonchev–Trinajstić information content (AvgIpc) is 2.85. The summed E-state index contributed by atoms with van der Waals surface area (Å²) in [7, 11) is 0. The summed E-state index contributed by atoms with van der Waals surface area (Å²) in [4.78, 5) is 25.8. The van der Waals surface area contributed by atoms with Crippen LogP contribution in [-0.4, -0.2) is 22.8 Å². The zero-order chi connectivity index (χ0) is 12.6. The summed E-state index contributed by atoms with van der Waals surface area (Å²) in [6.07, 6.45) is 8.82. The summed E-state index contributed by atoms with van der Waals surface area (Å²) >= 11 is 0. The maximum atomic E-state index is 12.2. The van der Waals surface area contributed by atoms with Crippen LogP contribution in [0.3, 0.4) is 0 Å². The minimum Gasteiger partial charge on any atom is -0.274 e. The van der Waals surface area contributed by atoms with Gasteiger partial charge in [-0.3, -0.25) is 14.5 Å². The van der Waals surface area contributed by atoms with Gasteiger partial charge < -0.3 is 0 Å². The van der Waals surface area contributed by atoms with Crippen molar-refractivity contribution in [1.29, 1.82) is 0 Å². The molecule has 0 spiro atoms. The molecule has 0 aromatic rings. The average molecular weight is 233 g/mol. The Hall–Kier alpha value is -1.30. The third-order valence-electron chi connectivity index (χ3n) is 4.24. The van der Waals surface area contributed by atoms with Gasteiger partial charge in [0.15, 0.2) is 0 Å². The maximum Gasteiger partial charge on any atom is 0.234 e. The highest BCUT2D eigenvalue weighted by Gasteiger charge is 2.53. The van der Waals surface area contributed by atoms with Crippen LogP contribution >= 0.6 is 0 Å². The maximum absolute atomic E-state index is 12.2. The number of carbonyl (C=O) groups excluding carboxylic acids is 2. The standard InChI is InChI=1S/C14H19NO2/c1-4-9-7-11-12(8-9)14(17)15(13(11)16)10(5-2)6-3/h2,9-12H,4,6-8H2,1,3H3. The van der Waals surface area contributed by atoms with E-state index in [1.54, 1.807) is 0 Å². The van der Waals surface area contributed by atoms with Crippen molar-refractivity contribution in [3.63, 3.8) is 0 Å². The van der Waals surface area contributed by atoms with E-state index in [2.05, 4.69) is 12.8 Å². The first-order valence-corrected chi connectivity index (χ1v) is 6.47. The van der Waals surface area contributed by atoms with Crippen LogP contribution < -0.4 is 0 Å². The van der Waals surface area contributed by atoms with E-state index in [0.717, 1.165) is 19.3 Å². The van der Waals surface area contributed by atoms with Gasteiger partial charge in [-0.05, 0) is 25.2 Å². The SMILES string of the molecule is C#CC(CC)N1C(=O)C2CC(CC)CC2C1=O. The molecular formula is C14H19NO2. The largest absolute Gasteiger partial charge is 0.274 e. The van der Waals surface area contributed by atoms with Gasteiger partial charge in [0.1, 0.15) is 6.04 Å². The number of rotatable bonds is 3. The van der Waals surface area contributed by atoms with Crippen molar-refractivity contribution in [2.75, 3.05) is 0 Å². The molecule has 2 fully saturated rings. The fourth-order valence-electron chi connectivity index (χ4n) is 3.17. The van der Waals surface area contributed by atoms with Crippen molar-refractivity contribution in [3.8, 4) is 12.3 Å². The number of carbonyl (C=O) groups is 2. The van der Waals surface area contributed by atoms with Crippen LogP contribution in [0.4, 0.5) is 0 Å². The Morgan fingerprint density at radius 1 is 1.29 bits per heavy atom. The van der Waals surface area contributed by atoms with Crippen molar-refractivity contribution in [1.82, 2.24) is 4.90 Å². The van der Waals surface area contributed by atoms with E-state index in [1.165, 1.54) is 4.90 Å². The number of hydrogen-bond acceptors (Lipinski definition) is 2. The summed E-state index contributed by atoms with van der Waals surface area (Å²) < 4.78 is 0. The zero-order valence-corrected chi connectivity index (χ0v) is 10.5. The van der Waals surface area contributed by atoms with Gasteiger partial charge in [-0.2, -0.15) is 0 Å². The van der Waals surface area contributed by atoms with Crippen LogP contribution in [0.1, 0.15) is 39.5 Å². The molecule has 3 nitrogen and oxygen atoms in total. The molecule has 0 aromatic carbocycles. The molecule has 0 radical (unpaired) electrons. The van der Waals surface area contributed by atoms with Crippen molar-refractivity contribution in [2.45, 2.75) is 45.6 Å². The second kappa shape index (κ2) is 4.52. The minimum atomic E-state index is -0.347. The van der Waals surface area contributed by atoms with E-state index in [4.69, 9.17) is 6.42 Å². The molecule has 2 amide bonds. The Bertz CT molecular complexity index is 358. The molecule has 1 aliphatic heterocycles. The summed E-state index contributed by atoms with van der Waals surface area (Å²) in [6.45, 7) is 4.03. The first-order valence-electron chi connectivity index (χ1n) is 6.47. The number of terminal acetylenes is 1. The molecule has 1 saturated carbocycles. The summed E-state index contributed by atoms with van der Waals surface area (Å²) in [5.74, 6) is 2.86. The zero-order valence-electron chi connectivity index (χ0n) is 10.5. The first kappa shape index (κ1) is 12.2. The number of fused-ring (bicyclic) bond motifs is 1. The summed E-state index contributed by atoms with van der Waals surface area (Å²) in [6, 6.07) is -0.347. The lowest BCUT2D eigenvalue weighted by molar-refractivity contribution is -0.142. The Kier molecular flexibility index (Phi) is 3.24. The van der Waals surface area contributed by atoms with Gasteiger partial charge in [0, 0.05) is 0 Å². The van der Waals surface area contributed by atoms with Crippen LogP contribution in [-0.2, 0) is 9.59 Å². The highest BCUT2D eigenvalue weighted by atomic mass is 16.2. The van der Waals surface area contributed by atoms with Gasteiger partial charge in [0.2, 0.25) is 11.8 Å². The lowest BCUT2D eigenvalue weighted by Crippen LogP contribution is -2.40. The van der Waals surface area contributed by atoms with Gasteiger partial charge >= 0.3 is 0 Å². The molecule has 92 valence electrons. The predicted octanol–water partition coefficient (Wildman–Crippen LogP) is 1.82. The van der Waals surface area contributed by atoms with Gasteiger partial charge in [0.25, 0.3) is 0 Å². The molecule has 2 rings (SSSR count). The fourth-order valence-corrected chi connectivity index (χ4v) is 3.17. The summed E-state index contributed by atoms with van der Waals surface area (Å²) in [5, 5.41) is 0. The van der Waals surface area contributed by atoms with Crippen LogP contribution in [0.5, 0.6) is 0 Å². The Morgan fingerprint density at radius 3 is 2.18 bits per heavy atom. The van der Waals surface area contributed by atoms with E-state index in [1.807, 2.05) is 6.92 Å². The van der Waals surface area contributed by atoms with E-state index >= 15 is 0 Å². The normalized spacial score (nSPS) is 33.7. The van der Waals surface area contributed by atoms with E-state index < -0.39 is 0 Å². The molecule has 0 N–H and O–H groups in total. The Morgan fingerprint density at radius 2 is 1.82 bits per heavy atom. The third kappa shape index (κ3) is 1.76. The minimum absolute atomic E-state index is 0.0271. The van der Waals surface area contributed by atoms with Crippen molar-refractivity contribution < 1.29 is 9.59 Å². The molecule has 2 aliphatic rings. The number of amides is 2. The fraction of sp³-hybridized carbons (Fsp3) is 0.714. The predicted molar refractivity (Wildman–Crippen MR) is 64.8 cm³/mol. The molecule has 1 aliphatic carbocycles. The molecule has 17 heavy (non-hydrogen) atoms. The topological polar surface area (TPSA) is 37.4 Å². The van der Waals surface area contributed by atoms with Crippen LogP contribution in [0.15, 0.2) is 0 Å². The molecule has 1 saturated heterocycles. The molecule has 0 aromatic heterocycles. The van der Waals surface area contributed by atoms with Crippen molar-refractivity contribution in [3.05, 3.63) is 0 Å². The second-order valence-corrected chi connectivity index (χ2v) is 5.10. The smallest absolute Gasteiger partial charge is 0.234 e. The van der Waals surface area contributed by atoms with Gasteiger partial charge in [-0.15, -0.1) is 6.42 Å². The lowest BCUT2D eigenvalue weighted by Gasteiger charge is -2.22. The van der Waals surface area contributed by atoms with Crippen molar-refractivity contribution >= 4 is 11.8 Å². The third-order valence-corrected chi connectivity index (χ3v) is 4.24. The van der Waals surface area contributed by atoms with E-state index in [0.29, 0.717) is 12.3 Å². The number of imide groups is 1. The van der Waals surface area contributed by atoms with E-state index in [9.17, 15) is 9.59 Å². The van der Waals surface area contributed by atoms with Gasteiger partial charge in [-0.1, -0.05) is 26.2 Å². The van der Waals surface area contributed by atoms with Crippen LogP contribution in [0.25, 0.3) is 0 Å². The second-order valence-electron chi connectivity index (χ2n) is 5.10. The molecule has 0 bridgehead atoms. The van der Waals surface area contributed by atoms with Crippen LogP contribution in [0, 0.1) is 30.1 Å². The molecular weight excluding hydrogens is 214 g/mol. The molecule has 3 heteroatoms. The quantitative estimate of drug-likeness (QED) is 0.551. The lowest BCUT2D eigenvalue weighted by atomic mass is 10.00. The highest BCUT2D eigenvalue weighted by molar-refractivity contribution is 6.06. The molecule has 3 unspecified atom stereocenters. The first-order chi connectivity index (χ1) is 8.13. The van der Waals surface area contributed by atoms with E-state index in [-0.39, 0.29) is 29.7 Å². The monoisotopic (exact) mass is 233 g/mol.